The highest BCUT2D eigenvalue weighted by atomic mass is 127. The standard InChI is InChI=1S/C18H38N4O2.HI/c1-7-10-18(24,11-8-2)14-22-16(19-9-3)21-13-12-20-15(23)17(4,5)6;/h24H,7-14H2,1-6H3,(H,20,23)(H2,19,21,22);1H. The van der Waals surface area contributed by atoms with Gasteiger partial charge in [-0.3, -0.25) is 9.79 Å². The predicted molar refractivity (Wildman–Crippen MR) is 117 cm³/mol. The Hall–Kier alpha value is -0.570. The Morgan fingerprint density at radius 1 is 0.960 bits per heavy atom. The highest BCUT2D eigenvalue weighted by molar-refractivity contribution is 14.0. The third-order valence-corrected chi connectivity index (χ3v) is 3.69. The fourth-order valence-corrected chi connectivity index (χ4v) is 2.40. The number of nitrogens with zero attached hydrogens (tertiary/aromatic N) is 1. The van der Waals surface area contributed by atoms with Crippen molar-refractivity contribution in [3.05, 3.63) is 0 Å². The number of aliphatic hydroxyl groups is 1. The summed E-state index contributed by atoms with van der Waals surface area (Å²) in [5.41, 5.74) is -1.11. The molecule has 0 heterocycles. The van der Waals surface area contributed by atoms with Gasteiger partial charge in [0.15, 0.2) is 5.96 Å². The molecule has 7 heteroatoms. The lowest BCUT2D eigenvalue weighted by molar-refractivity contribution is -0.128. The number of hydrogen-bond acceptors (Lipinski definition) is 3. The maximum Gasteiger partial charge on any atom is 0.225 e. The zero-order valence-electron chi connectivity index (χ0n) is 16.9. The van der Waals surface area contributed by atoms with Crippen LogP contribution in [0.1, 0.15) is 67.2 Å². The zero-order valence-corrected chi connectivity index (χ0v) is 19.2. The highest BCUT2D eigenvalue weighted by Gasteiger charge is 2.24. The Bertz CT molecular complexity index is 389. The molecule has 0 aliphatic carbocycles. The minimum Gasteiger partial charge on any atom is -0.388 e. The quantitative estimate of drug-likeness (QED) is 0.171. The van der Waals surface area contributed by atoms with Gasteiger partial charge in [0.05, 0.1) is 12.1 Å². The Labute approximate surface area is 171 Å². The molecule has 0 saturated carbocycles. The molecule has 0 spiro atoms. The number of hydrogen-bond donors (Lipinski definition) is 4. The fourth-order valence-electron chi connectivity index (χ4n) is 2.40. The van der Waals surface area contributed by atoms with Gasteiger partial charge in [0.2, 0.25) is 5.91 Å². The first kappa shape index (κ1) is 26.7. The van der Waals surface area contributed by atoms with Crippen molar-refractivity contribution in [1.29, 1.82) is 0 Å². The zero-order chi connectivity index (χ0) is 18.6. The van der Waals surface area contributed by atoms with E-state index in [1.54, 1.807) is 0 Å². The van der Waals surface area contributed by atoms with Crippen LogP contribution in [0.15, 0.2) is 4.99 Å². The Morgan fingerprint density at radius 3 is 1.92 bits per heavy atom. The van der Waals surface area contributed by atoms with Crippen molar-refractivity contribution in [2.45, 2.75) is 72.8 Å². The van der Waals surface area contributed by atoms with Gasteiger partial charge in [-0.15, -0.1) is 24.0 Å². The van der Waals surface area contributed by atoms with Gasteiger partial charge >= 0.3 is 0 Å². The van der Waals surface area contributed by atoms with Crippen LogP contribution in [0.5, 0.6) is 0 Å². The molecule has 0 atom stereocenters. The van der Waals surface area contributed by atoms with Crippen LogP contribution >= 0.6 is 24.0 Å². The molecule has 0 rings (SSSR count). The van der Waals surface area contributed by atoms with E-state index in [0.717, 1.165) is 32.2 Å². The first-order valence-corrected chi connectivity index (χ1v) is 9.21. The van der Waals surface area contributed by atoms with Gasteiger partial charge in [-0.1, -0.05) is 47.5 Å². The molecule has 0 unspecified atom stereocenters. The van der Waals surface area contributed by atoms with Crippen molar-refractivity contribution in [3.63, 3.8) is 0 Å². The summed E-state index contributed by atoms with van der Waals surface area (Å²) in [5.74, 6) is 0.708. The van der Waals surface area contributed by atoms with Gasteiger partial charge in [0.1, 0.15) is 0 Å². The normalized spacial score (nSPS) is 12.4. The van der Waals surface area contributed by atoms with Gasteiger partial charge in [0, 0.05) is 25.0 Å². The van der Waals surface area contributed by atoms with E-state index in [-0.39, 0.29) is 35.3 Å². The summed E-state index contributed by atoms with van der Waals surface area (Å²) in [6.45, 7) is 14.1. The average Bonchev–Trinajstić information content (AvgIpc) is 2.48. The molecular weight excluding hydrogens is 431 g/mol. The number of rotatable bonds is 10. The van der Waals surface area contributed by atoms with Crippen LogP contribution < -0.4 is 16.0 Å². The summed E-state index contributed by atoms with van der Waals surface area (Å²) in [6.07, 6.45) is 3.39. The number of carbonyl (C=O) groups excluding carboxylic acids is 1. The van der Waals surface area contributed by atoms with Crippen molar-refractivity contribution in [1.82, 2.24) is 16.0 Å². The minimum atomic E-state index is -0.730. The van der Waals surface area contributed by atoms with E-state index in [4.69, 9.17) is 0 Å². The SMILES string of the molecule is CCCC(O)(CCC)CN=C(NCC)NCCNC(=O)C(C)(C)C.I. The maximum atomic E-state index is 11.8. The molecule has 0 radical (unpaired) electrons. The molecule has 25 heavy (non-hydrogen) atoms. The highest BCUT2D eigenvalue weighted by Crippen LogP contribution is 2.19. The molecule has 4 N–H and O–H groups in total. The van der Waals surface area contributed by atoms with Gasteiger partial charge in [-0.25, -0.2) is 0 Å². The van der Waals surface area contributed by atoms with Crippen LogP contribution in [-0.4, -0.2) is 48.8 Å². The smallest absolute Gasteiger partial charge is 0.225 e. The predicted octanol–water partition coefficient (Wildman–Crippen LogP) is 2.65. The van der Waals surface area contributed by atoms with E-state index in [2.05, 4.69) is 34.8 Å². The molecule has 0 aliphatic heterocycles. The van der Waals surface area contributed by atoms with Crippen LogP contribution in [0.3, 0.4) is 0 Å². The number of aliphatic imine (C=N–C) groups is 1. The molecule has 150 valence electrons. The largest absolute Gasteiger partial charge is 0.388 e. The molecule has 0 fully saturated rings. The summed E-state index contributed by atoms with van der Waals surface area (Å²) in [7, 11) is 0. The number of amides is 1. The Morgan fingerprint density at radius 2 is 1.48 bits per heavy atom. The van der Waals surface area contributed by atoms with E-state index in [9.17, 15) is 9.90 Å². The van der Waals surface area contributed by atoms with Gasteiger partial charge in [0.25, 0.3) is 0 Å². The number of guanidine groups is 1. The first-order valence-electron chi connectivity index (χ1n) is 9.21. The lowest BCUT2D eigenvalue weighted by Crippen LogP contribution is -2.44. The summed E-state index contributed by atoms with van der Waals surface area (Å²) in [6, 6.07) is 0. The van der Waals surface area contributed by atoms with Crippen molar-refractivity contribution in [2.24, 2.45) is 10.4 Å². The van der Waals surface area contributed by atoms with Crippen molar-refractivity contribution in [2.75, 3.05) is 26.2 Å². The molecule has 0 aromatic heterocycles. The monoisotopic (exact) mass is 470 g/mol. The van der Waals surface area contributed by atoms with Crippen molar-refractivity contribution < 1.29 is 9.90 Å². The Balaban J connectivity index is 0. The van der Waals surface area contributed by atoms with E-state index in [0.29, 0.717) is 25.6 Å². The molecule has 1 amide bonds. The third kappa shape index (κ3) is 12.4. The molecule has 6 nitrogen and oxygen atoms in total. The van der Waals surface area contributed by atoms with E-state index < -0.39 is 5.60 Å². The molecule has 0 aromatic rings. The van der Waals surface area contributed by atoms with Crippen LogP contribution in [0.2, 0.25) is 0 Å². The second-order valence-electron chi connectivity index (χ2n) is 7.35. The maximum absolute atomic E-state index is 11.8. The van der Waals surface area contributed by atoms with E-state index in [1.165, 1.54) is 0 Å². The fraction of sp³-hybridized carbons (Fsp3) is 0.889. The summed E-state index contributed by atoms with van der Waals surface area (Å²) in [4.78, 5) is 16.3. The third-order valence-electron chi connectivity index (χ3n) is 3.69. The lowest BCUT2D eigenvalue weighted by atomic mass is 9.93. The molecule has 0 saturated heterocycles. The van der Waals surface area contributed by atoms with E-state index >= 15 is 0 Å². The minimum absolute atomic E-state index is 0. The Kier molecular flexibility index (Phi) is 14.5. The number of carbonyl (C=O) groups is 1. The van der Waals surface area contributed by atoms with Crippen molar-refractivity contribution >= 4 is 35.8 Å². The molecular formula is C18H39IN4O2. The average molecular weight is 470 g/mol. The van der Waals surface area contributed by atoms with Gasteiger partial charge in [-0.05, 0) is 19.8 Å². The topological polar surface area (TPSA) is 85.8 Å². The van der Waals surface area contributed by atoms with Crippen LogP contribution in [0.25, 0.3) is 0 Å². The molecule has 0 bridgehead atoms. The second-order valence-corrected chi connectivity index (χ2v) is 7.35. The number of halogens is 1. The van der Waals surface area contributed by atoms with Crippen molar-refractivity contribution in [3.8, 4) is 0 Å². The first-order chi connectivity index (χ1) is 11.2. The van der Waals surface area contributed by atoms with E-state index in [1.807, 2.05) is 27.7 Å². The second kappa shape index (κ2) is 13.6. The summed E-state index contributed by atoms with van der Waals surface area (Å²) in [5, 5.41) is 19.9. The van der Waals surface area contributed by atoms with Crippen LogP contribution in [0.4, 0.5) is 0 Å². The summed E-state index contributed by atoms with van der Waals surface area (Å²) < 4.78 is 0. The van der Waals surface area contributed by atoms with Crippen LogP contribution in [0, 0.1) is 5.41 Å². The lowest BCUT2D eigenvalue weighted by Gasteiger charge is -2.26. The summed E-state index contributed by atoms with van der Waals surface area (Å²) >= 11 is 0. The molecule has 0 aromatic carbocycles. The van der Waals surface area contributed by atoms with Crippen LogP contribution in [-0.2, 0) is 4.79 Å². The van der Waals surface area contributed by atoms with Gasteiger partial charge < -0.3 is 21.1 Å². The number of nitrogens with one attached hydrogen (secondary N) is 3. The molecule has 0 aliphatic rings. The van der Waals surface area contributed by atoms with Gasteiger partial charge in [-0.2, -0.15) is 0 Å².